The summed E-state index contributed by atoms with van der Waals surface area (Å²) in [5, 5.41) is 2.85. The maximum absolute atomic E-state index is 12.2. The van der Waals surface area contributed by atoms with E-state index in [0.29, 0.717) is 17.0 Å². The van der Waals surface area contributed by atoms with Gasteiger partial charge in [-0.3, -0.25) is 4.79 Å². The van der Waals surface area contributed by atoms with Crippen LogP contribution in [-0.4, -0.2) is 13.0 Å². The number of ether oxygens (including phenoxy) is 1. The van der Waals surface area contributed by atoms with Gasteiger partial charge in [0.05, 0.1) is 12.7 Å². The van der Waals surface area contributed by atoms with Gasteiger partial charge in [-0.25, -0.2) is 0 Å². The normalized spacial score (nSPS) is 10.0. The number of carbonyl (C=O) groups excluding carboxylic acids is 1. The Labute approximate surface area is 112 Å². The van der Waals surface area contributed by atoms with Crippen LogP contribution in [0.4, 0.5) is 11.4 Å². The Morgan fingerprint density at radius 3 is 2.63 bits per heavy atom. The van der Waals surface area contributed by atoms with Gasteiger partial charge < -0.3 is 15.8 Å². The average Bonchev–Trinajstić information content (AvgIpc) is 2.41. The van der Waals surface area contributed by atoms with Gasteiger partial charge >= 0.3 is 0 Å². The van der Waals surface area contributed by atoms with Crippen LogP contribution in [-0.2, 0) is 0 Å². The Morgan fingerprint density at radius 2 is 1.95 bits per heavy atom. The summed E-state index contributed by atoms with van der Waals surface area (Å²) in [5.41, 5.74) is 8.52. The summed E-state index contributed by atoms with van der Waals surface area (Å²) in [5.74, 6) is 0.346. The average molecular weight is 256 g/mol. The molecule has 0 atom stereocenters. The summed E-state index contributed by atoms with van der Waals surface area (Å²) in [7, 11) is 1.54. The van der Waals surface area contributed by atoms with E-state index in [0.717, 1.165) is 11.3 Å². The van der Waals surface area contributed by atoms with Crippen LogP contribution >= 0.6 is 0 Å². The lowest BCUT2D eigenvalue weighted by molar-refractivity contribution is 0.102. The summed E-state index contributed by atoms with van der Waals surface area (Å²) in [6.07, 6.45) is 0. The molecule has 1 amide bonds. The van der Waals surface area contributed by atoms with Crippen LogP contribution in [0.15, 0.2) is 42.5 Å². The minimum Gasteiger partial charge on any atom is -0.496 e. The lowest BCUT2D eigenvalue weighted by Crippen LogP contribution is -2.14. The van der Waals surface area contributed by atoms with Gasteiger partial charge in [-0.15, -0.1) is 0 Å². The monoisotopic (exact) mass is 256 g/mol. The molecule has 0 bridgehead atoms. The molecule has 0 saturated carbocycles. The first-order valence-electron chi connectivity index (χ1n) is 5.92. The highest BCUT2D eigenvalue weighted by Gasteiger charge is 2.12. The van der Waals surface area contributed by atoms with E-state index in [1.54, 1.807) is 37.4 Å². The van der Waals surface area contributed by atoms with Crippen LogP contribution < -0.4 is 15.8 Å². The number of hydrogen-bond donors (Lipinski definition) is 2. The molecule has 0 unspecified atom stereocenters. The molecule has 0 aliphatic carbocycles. The summed E-state index contributed by atoms with van der Waals surface area (Å²) in [6, 6.07) is 12.5. The number of nitrogens with one attached hydrogen (secondary N) is 1. The van der Waals surface area contributed by atoms with E-state index in [9.17, 15) is 4.79 Å². The molecule has 2 rings (SSSR count). The Hall–Kier alpha value is -2.49. The van der Waals surface area contributed by atoms with Crippen molar-refractivity contribution in [2.45, 2.75) is 6.92 Å². The molecule has 98 valence electrons. The van der Waals surface area contributed by atoms with Crippen molar-refractivity contribution in [2.75, 3.05) is 18.2 Å². The Bertz CT molecular complexity index is 609. The highest BCUT2D eigenvalue weighted by atomic mass is 16.5. The molecule has 0 saturated heterocycles. The van der Waals surface area contributed by atoms with Crippen molar-refractivity contribution in [1.29, 1.82) is 0 Å². The van der Waals surface area contributed by atoms with Crippen molar-refractivity contribution >= 4 is 17.3 Å². The van der Waals surface area contributed by atoms with Gasteiger partial charge in [0.1, 0.15) is 5.75 Å². The number of rotatable bonds is 3. The molecule has 0 radical (unpaired) electrons. The van der Waals surface area contributed by atoms with Gasteiger partial charge in [0.25, 0.3) is 5.91 Å². The summed E-state index contributed by atoms with van der Waals surface area (Å²) < 4.78 is 5.17. The van der Waals surface area contributed by atoms with Crippen molar-refractivity contribution in [3.63, 3.8) is 0 Å². The van der Waals surface area contributed by atoms with E-state index >= 15 is 0 Å². The molecule has 0 aliphatic rings. The van der Waals surface area contributed by atoms with E-state index in [1.165, 1.54) is 0 Å². The quantitative estimate of drug-likeness (QED) is 0.830. The minimum atomic E-state index is -0.203. The number of nitrogens with two attached hydrogens (primary N) is 1. The highest BCUT2D eigenvalue weighted by Crippen LogP contribution is 2.22. The molecular formula is C15H16N2O2. The number of benzene rings is 2. The molecule has 19 heavy (non-hydrogen) atoms. The minimum absolute atomic E-state index is 0.203. The number of amides is 1. The molecule has 0 heterocycles. The predicted molar refractivity (Wildman–Crippen MR) is 76.5 cm³/mol. The third-order valence-corrected chi connectivity index (χ3v) is 2.85. The Morgan fingerprint density at radius 1 is 1.21 bits per heavy atom. The van der Waals surface area contributed by atoms with Crippen LogP contribution in [0.25, 0.3) is 0 Å². The Kier molecular flexibility index (Phi) is 3.71. The topological polar surface area (TPSA) is 64.3 Å². The van der Waals surface area contributed by atoms with E-state index in [1.807, 2.05) is 19.1 Å². The molecule has 0 aromatic heterocycles. The van der Waals surface area contributed by atoms with Crippen molar-refractivity contribution in [2.24, 2.45) is 0 Å². The zero-order valence-electron chi connectivity index (χ0n) is 10.9. The van der Waals surface area contributed by atoms with Crippen molar-refractivity contribution in [3.05, 3.63) is 53.6 Å². The van der Waals surface area contributed by atoms with Crippen molar-refractivity contribution in [3.8, 4) is 5.75 Å². The molecule has 4 nitrogen and oxygen atoms in total. The molecule has 3 N–H and O–H groups in total. The third kappa shape index (κ3) is 2.85. The smallest absolute Gasteiger partial charge is 0.259 e. The molecule has 0 fully saturated rings. The second-order valence-corrected chi connectivity index (χ2v) is 4.23. The highest BCUT2D eigenvalue weighted by molar-refractivity contribution is 6.06. The zero-order valence-corrected chi connectivity index (χ0v) is 10.9. The van der Waals surface area contributed by atoms with Crippen LogP contribution in [0, 0.1) is 6.92 Å². The largest absolute Gasteiger partial charge is 0.496 e. The number of aryl methyl sites for hydroxylation is 1. The molecular weight excluding hydrogens is 240 g/mol. The van der Waals surface area contributed by atoms with Crippen molar-refractivity contribution in [1.82, 2.24) is 0 Å². The molecule has 2 aromatic rings. The van der Waals surface area contributed by atoms with E-state index < -0.39 is 0 Å². The first-order chi connectivity index (χ1) is 9.11. The van der Waals surface area contributed by atoms with Crippen LogP contribution in [0.2, 0.25) is 0 Å². The third-order valence-electron chi connectivity index (χ3n) is 2.85. The van der Waals surface area contributed by atoms with Gasteiger partial charge in [-0.2, -0.15) is 0 Å². The second-order valence-electron chi connectivity index (χ2n) is 4.23. The fraction of sp³-hybridized carbons (Fsp3) is 0.133. The van der Waals surface area contributed by atoms with E-state index in [4.69, 9.17) is 10.5 Å². The van der Waals surface area contributed by atoms with Crippen LogP contribution in [0.3, 0.4) is 0 Å². The number of anilines is 2. The van der Waals surface area contributed by atoms with Crippen LogP contribution in [0.5, 0.6) is 5.75 Å². The van der Waals surface area contributed by atoms with Gasteiger partial charge in [0.2, 0.25) is 0 Å². The number of methoxy groups -OCH3 is 1. The summed E-state index contributed by atoms with van der Waals surface area (Å²) in [4.78, 5) is 12.2. The lowest BCUT2D eigenvalue weighted by atomic mass is 10.1. The van der Waals surface area contributed by atoms with Gasteiger partial charge in [-0.1, -0.05) is 12.1 Å². The fourth-order valence-corrected chi connectivity index (χ4v) is 1.85. The maximum atomic E-state index is 12.2. The van der Waals surface area contributed by atoms with Gasteiger partial charge in [-0.05, 0) is 42.8 Å². The Balaban J connectivity index is 2.26. The standard InChI is InChI=1S/C15H16N2O2/c1-10-9-11(16)7-8-13(10)17-15(18)12-5-3-4-6-14(12)19-2/h3-9H,16H2,1-2H3,(H,17,18). The van der Waals surface area contributed by atoms with Crippen molar-refractivity contribution < 1.29 is 9.53 Å². The number of carbonyl (C=O) groups is 1. The van der Waals surface area contributed by atoms with E-state index in [-0.39, 0.29) is 5.91 Å². The number of hydrogen-bond acceptors (Lipinski definition) is 3. The fourth-order valence-electron chi connectivity index (χ4n) is 1.85. The number of para-hydroxylation sites is 1. The number of nitrogen functional groups attached to an aromatic ring is 1. The SMILES string of the molecule is COc1ccccc1C(=O)Nc1ccc(N)cc1C. The predicted octanol–water partition coefficient (Wildman–Crippen LogP) is 2.84. The molecule has 0 aliphatic heterocycles. The molecule has 2 aromatic carbocycles. The molecule has 0 spiro atoms. The van der Waals surface area contributed by atoms with Crippen LogP contribution in [0.1, 0.15) is 15.9 Å². The second kappa shape index (κ2) is 5.44. The summed E-state index contributed by atoms with van der Waals surface area (Å²) >= 11 is 0. The summed E-state index contributed by atoms with van der Waals surface area (Å²) in [6.45, 7) is 1.90. The molecule has 4 heteroatoms. The lowest BCUT2D eigenvalue weighted by Gasteiger charge is -2.11. The van der Waals surface area contributed by atoms with E-state index in [2.05, 4.69) is 5.32 Å². The first-order valence-corrected chi connectivity index (χ1v) is 5.92. The zero-order chi connectivity index (χ0) is 13.8. The van der Waals surface area contributed by atoms with Gasteiger partial charge in [0.15, 0.2) is 0 Å². The van der Waals surface area contributed by atoms with Gasteiger partial charge in [0, 0.05) is 11.4 Å². The maximum Gasteiger partial charge on any atom is 0.259 e. The first kappa shape index (κ1) is 13.0.